The van der Waals surface area contributed by atoms with Crippen LogP contribution in [0.2, 0.25) is 0 Å². The van der Waals surface area contributed by atoms with Crippen LogP contribution in [0, 0.1) is 0 Å². The molecule has 1 rings (SSSR count). The molecule has 0 saturated carbocycles. The average molecular weight is 276 g/mol. The number of allylic oxidation sites excluding steroid dienone is 4. The van der Waals surface area contributed by atoms with Gasteiger partial charge in [-0.05, 0) is 31.5 Å². The zero-order valence-corrected chi connectivity index (χ0v) is 13.0. The maximum Gasteiger partial charge on any atom is 0.189 e. The first kappa shape index (κ1) is 16.2. The molecule has 1 heterocycles. The van der Waals surface area contributed by atoms with Gasteiger partial charge >= 0.3 is 0 Å². The van der Waals surface area contributed by atoms with Crippen LogP contribution < -0.4 is 0 Å². The zero-order valence-electron chi connectivity index (χ0n) is 13.0. The molecular weight excluding hydrogens is 252 g/mol. The molecule has 4 nitrogen and oxygen atoms in total. The Morgan fingerprint density at radius 3 is 2.15 bits per heavy atom. The van der Waals surface area contributed by atoms with Gasteiger partial charge in [-0.1, -0.05) is 12.2 Å². The van der Waals surface area contributed by atoms with Crippen LogP contribution in [-0.4, -0.2) is 56.5 Å². The summed E-state index contributed by atoms with van der Waals surface area (Å²) in [6.07, 6.45) is 11.0. The molecule has 0 aromatic carbocycles. The predicted octanol–water partition coefficient (Wildman–Crippen LogP) is 1.98. The van der Waals surface area contributed by atoms with Crippen LogP contribution in [0.15, 0.2) is 47.9 Å². The maximum absolute atomic E-state index is 12.4. The number of ether oxygens (including phenoxy) is 1. The second kappa shape index (κ2) is 7.70. The Labute approximate surface area is 121 Å². The molecule has 1 aliphatic rings. The Balaban J connectivity index is 2.87. The minimum absolute atomic E-state index is 0.0653. The standard InChI is InChI=1S/C16H24N2O2/c1-13-15(9-7-11-18(4)5)16(19)14(12-20-13)8-6-10-17(2)3/h6-11,13H,12H2,1-5H3/b10-6+,11-7+,14-8+,15-9+. The highest BCUT2D eigenvalue weighted by Gasteiger charge is 2.26. The van der Waals surface area contributed by atoms with Gasteiger partial charge < -0.3 is 14.5 Å². The monoisotopic (exact) mass is 276 g/mol. The van der Waals surface area contributed by atoms with Crippen LogP contribution in [-0.2, 0) is 9.53 Å². The van der Waals surface area contributed by atoms with E-state index in [1.165, 1.54) is 0 Å². The molecule has 110 valence electrons. The number of rotatable bonds is 4. The first-order valence-electron chi connectivity index (χ1n) is 6.66. The molecule has 1 aliphatic heterocycles. The highest BCUT2D eigenvalue weighted by Crippen LogP contribution is 2.20. The lowest BCUT2D eigenvalue weighted by Gasteiger charge is -2.23. The van der Waals surface area contributed by atoms with Gasteiger partial charge in [0.25, 0.3) is 0 Å². The zero-order chi connectivity index (χ0) is 15.1. The smallest absolute Gasteiger partial charge is 0.189 e. The molecule has 0 aliphatic carbocycles. The SMILES string of the molecule is CC1OC/C(=C\C=C\N(C)C)C(=O)/C1=C/C=C/N(C)C. The minimum atomic E-state index is -0.163. The third-order valence-corrected chi connectivity index (χ3v) is 2.82. The van der Waals surface area contributed by atoms with Gasteiger partial charge in [-0.15, -0.1) is 0 Å². The fourth-order valence-corrected chi connectivity index (χ4v) is 1.73. The van der Waals surface area contributed by atoms with Crippen LogP contribution in [0.4, 0.5) is 0 Å². The predicted molar refractivity (Wildman–Crippen MR) is 82.2 cm³/mol. The van der Waals surface area contributed by atoms with Crippen molar-refractivity contribution in [3.8, 4) is 0 Å². The van der Waals surface area contributed by atoms with Crippen molar-refractivity contribution in [3.63, 3.8) is 0 Å². The molecule has 0 aromatic rings. The summed E-state index contributed by atoms with van der Waals surface area (Å²) in [7, 11) is 7.76. The van der Waals surface area contributed by atoms with Crippen molar-refractivity contribution in [3.05, 3.63) is 47.9 Å². The van der Waals surface area contributed by atoms with Crippen molar-refractivity contribution in [1.29, 1.82) is 0 Å². The quantitative estimate of drug-likeness (QED) is 0.735. The van der Waals surface area contributed by atoms with Crippen molar-refractivity contribution in [2.45, 2.75) is 13.0 Å². The van der Waals surface area contributed by atoms with Crippen molar-refractivity contribution in [2.24, 2.45) is 0 Å². The van der Waals surface area contributed by atoms with E-state index in [2.05, 4.69) is 0 Å². The third-order valence-electron chi connectivity index (χ3n) is 2.82. The van der Waals surface area contributed by atoms with E-state index in [1.807, 2.05) is 81.6 Å². The van der Waals surface area contributed by atoms with Gasteiger partial charge in [-0.3, -0.25) is 4.79 Å². The molecule has 1 saturated heterocycles. The Morgan fingerprint density at radius 2 is 1.60 bits per heavy atom. The van der Waals surface area contributed by atoms with Gasteiger partial charge in [0, 0.05) is 39.3 Å². The third kappa shape index (κ3) is 5.05. The Hall–Kier alpha value is -1.81. The number of nitrogens with zero attached hydrogens (tertiary/aromatic N) is 2. The van der Waals surface area contributed by atoms with E-state index in [0.717, 1.165) is 0 Å². The first-order valence-corrected chi connectivity index (χ1v) is 6.66. The number of carbonyl (C=O) groups is 1. The van der Waals surface area contributed by atoms with Crippen molar-refractivity contribution in [1.82, 2.24) is 9.80 Å². The summed E-state index contributed by atoms with van der Waals surface area (Å²) in [5, 5.41) is 0. The Bertz CT molecular complexity index is 457. The average Bonchev–Trinajstić information content (AvgIpc) is 2.35. The van der Waals surface area contributed by atoms with Gasteiger partial charge in [0.15, 0.2) is 5.78 Å². The molecular formula is C16H24N2O2. The number of hydrogen-bond donors (Lipinski definition) is 0. The van der Waals surface area contributed by atoms with E-state index in [0.29, 0.717) is 17.8 Å². The van der Waals surface area contributed by atoms with Crippen LogP contribution in [0.5, 0.6) is 0 Å². The van der Waals surface area contributed by atoms with E-state index >= 15 is 0 Å². The van der Waals surface area contributed by atoms with Crippen molar-refractivity contribution < 1.29 is 9.53 Å². The molecule has 0 amide bonds. The molecule has 4 heteroatoms. The fourth-order valence-electron chi connectivity index (χ4n) is 1.73. The van der Waals surface area contributed by atoms with Gasteiger partial charge in [0.2, 0.25) is 0 Å². The highest BCUT2D eigenvalue weighted by atomic mass is 16.5. The second-order valence-electron chi connectivity index (χ2n) is 5.21. The summed E-state index contributed by atoms with van der Waals surface area (Å²) < 4.78 is 5.64. The van der Waals surface area contributed by atoms with E-state index in [4.69, 9.17) is 4.74 Å². The maximum atomic E-state index is 12.4. The lowest BCUT2D eigenvalue weighted by atomic mass is 9.96. The normalized spacial score (nSPS) is 24.2. The number of Topliss-reactive ketones (excluding diaryl/α,β-unsaturated/α-hetero) is 1. The largest absolute Gasteiger partial charge is 0.383 e. The summed E-state index contributed by atoms with van der Waals surface area (Å²) in [6.45, 7) is 2.27. The van der Waals surface area contributed by atoms with Crippen LogP contribution in [0.3, 0.4) is 0 Å². The summed E-state index contributed by atoms with van der Waals surface area (Å²) in [4.78, 5) is 16.2. The van der Waals surface area contributed by atoms with Crippen LogP contribution >= 0.6 is 0 Å². The summed E-state index contributed by atoms with van der Waals surface area (Å²) in [5.41, 5.74) is 1.38. The lowest BCUT2D eigenvalue weighted by Crippen LogP contribution is -2.28. The van der Waals surface area contributed by atoms with Crippen LogP contribution in [0.25, 0.3) is 0 Å². The van der Waals surface area contributed by atoms with Gasteiger partial charge in [0.1, 0.15) is 0 Å². The van der Waals surface area contributed by atoms with E-state index < -0.39 is 0 Å². The molecule has 0 aromatic heterocycles. The molecule has 0 bridgehead atoms. The van der Waals surface area contributed by atoms with Gasteiger partial charge in [-0.25, -0.2) is 0 Å². The second-order valence-corrected chi connectivity index (χ2v) is 5.21. The van der Waals surface area contributed by atoms with Gasteiger partial charge in [0.05, 0.1) is 12.7 Å². The first-order chi connectivity index (χ1) is 9.41. The lowest BCUT2D eigenvalue weighted by molar-refractivity contribution is -0.116. The summed E-state index contributed by atoms with van der Waals surface area (Å²) >= 11 is 0. The topological polar surface area (TPSA) is 32.8 Å². The summed E-state index contributed by atoms with van der Waals surface area (Å²) in [5.74, 6) is 0.0653. The van der Waals surface area contributed by atoms with E-state index in [9.17, 15) is 4.79 Å². The molecule has 0 N–H and O–H groups in total. The molecule has 20 heavy (non-hydrogen) atoms. The molecule has 0 radical (unpaired) electrons. The van der Waals surface area contributed by atoms with Crippen molar-refractivity contribution in [2.75, 3.05) is 34.8 Å². The molecule has 1 unspecified atom stereocenters. The summed E-state index contributed by atoms with van der Waals surface area (Å²) in [6, 6.07) is 0. The molecule has 1 atom stereocenters. The van der Waals surface area contributed by atoms with Crippen molar-refractivity contribution >= 4 is 5.78 Å². The number of hydrogen-bond acceptors (Lipinski definition) is 4. The number of ketones is 1. The molecule has 1 fully saturated rings. The molecule has 0 spiro atoms. The minimum Gasteiger partial charge on any atom is -0.383 e. The van der Waals surface area contributed by atoms with E-state index in [-0.39, 0.29) is 11.9 Å². The fraction of sp³-hybridized carbons (Fsp3) is 0.438. The Kier molecular flexibility index (Phi) is 6.25. The Morgan fingerprint density at radius 1 is 1.05 bits per heavy atom. The number of carbonyl (C=O) groups excluding carboxylic acids is 1. The van der Waals surface area contributed by atoms with Crippen LogP contribution in [0.1, 0.15) is 6.92 Å². The highest BCUT2D eigenvalue weighted by molar-refractivity contribution is 6.10. The van der Waals surface area contributed by atoms with E-state index in [1.54, 1.807) is 0 Å². The van der Waals surface area contributed by atoms with Gasteiger partial charge in [-0.2, -0.15) is 0 Å².